The summed E-state index contributed by atoms with van der Waals surface area (Å²) >= 11 is 3.25. The number of para-hydroxylation sites is 1. The second-order valence-corrected chi connectivity index (χ2v) is 5.82. The number of halogens is 2. The smallest absolute Gasteiger partial charge is 0.137 e. The van der Waals surface area contributed by atoms with Gasteiger partial charge in [-0.2, -0.15) is 0 Å². The van der Waals surface area contributed by atoms with Gasteiger partial charge < -0.3 is 4.42 Å². The van der Waals surface area contributed by atoms with Crippen molar-refractivity contribution in [3.05, 3.63) is 69.6 Å². The van der Waals surface area contributed by atoms with Crippen molar-refractivity contribution < 1.29 is 8.81 Å². The largest absolute Gasteiger partial charge is 0.459 e. The zero-order chi connectivity index (χ0) is 15.0. The molecule has 21 heavy (non-hydrogen) atoms. The first-order valence-corrected chi connectivity index (χ1v) is 7.29. The fourth-order valence-corrected chi connectivity index (χ4v) is 2.77. The van der Waals surface area contributed by atoms with Crippen LogP contribution in [0.15, 0.2) is 51.4 Å². The van der Waals surface area contributed by atoms with Gasteiger partial charge in [0.15, 0.2) is 0 Å². The maximum atomic E-state index is 14.1. The molecule has 3 N–H and O–H groups in total. The predicted molar refractivity (Wildman–Crippen MR) is 84.2 cm³/mol. The molecule has 0 aliphatic carbocycles. The third kappa shape index (κ3) is 2.60. The number of fused-ring (bicyclic) bond motifs is 1. The number of nitrogens with two attached hydrogens (primary N) is 1. The predicted octanol–water partition coefficient (Wildman–Crippen LogP) is 4.20. The second kappa shape index (κ2) is 5.60. The Hall–Kier alpha value is -1.69. The van der Waals surface area contributed by atoms with Crippen molar-refractivity contribution in [1.82, 2.24) is 5.43 Å². The van der Waals surface area contributed by atoms with Gasteiger partial charge in [-0.3, -0.25) is 5.84 Å². The van der Waals surface area contributed by atoms with Crippen LogP contribution in [0.2, 0.25) is 0 Å². The van der Waals surface area contributed by atoms with Crippen LogP contribution in [-0.2, 0) is 0 Å². The molecule has 0 spiro atoms. The number of rotatable bonds is 3. The molecule has 0 fully saturated rings. The van der Waals surface area contributed by atoms with E-state index >= 15 is 0 Å². The minimum Gasteiger partial charge on any atom is -0.459 e. The van der Waals surface area contributed by atoms with Gasteiger partial charge >= 0.3 is 0 Å². The topological polar surface area (TPSA) is 51.2 Å². The standard InChI is InChI=1S/C16H14BrFN2O/c1-9-3-2-4-10-7-14(21-16(9)10)15(20-19)12-6-5-11(17)8-13(12)18/h2-8,15,20H,19H2,1H3. The lowest BCUT2D eigenvalue weighted by molar-refractivity contribution is 0.462. The number of nitrogens with one attached hydrogen (secondary N) is 1. The van der Waals surface area contributed by atoms with E-state index in [1.807, 2.05) is 31.2 Å². The molecule has 0 saturated heterocycles. The summed E-state index contributed by atoms with van der Waals surface area (Å²) in [4.78, 5) is 0. The molecule has 1 unspecified atom stereocenters. The minimum atomic E-state index is -0.537. The highest BCUT2D eigenvalue weighted by Gasteiger charge is 2.21. The molecule has 0 aliphatic heterocycles. The van der Waals surface area contributed by atoms with E-state index in [2.05, 4.69) is 21.4 Å². The monoisotopic (exact) mass is 348 g/mol. The van der Waals surface area contributed by atoms with E-state index in [4.69, 9.17) is 10.3 Å². The van der Waals surface area contributed by atoms with Crippen LogP contribution in [0, 0.1) is 12.7 Å². The Morgan fingerprint density at radius 3 is 2.71 bits per heavy atom. The summed E-state index contributed by atoms with van der Waals surface area (Å²) < 4.78 is 20.7. The lowest BCUT2D eigenvalue weighted by atomic mass is 10.0. The van der Waals surface area contributed by atoms with Gasteiger partial charge in [-0.15, -0.1) is 0 Å². The van der Waals surface area contributed by atoms with E-state index in [1.165, 1.54) is 6.07 Å². The SMILES string of the molecule is Cc1cccc2cc(C(NN)c3ccc(Br)cc3F)oc12. The molecule has 1 atom stereocenters. The van der Waals surface area contributed by atoms with Gasteiger partial charge in [0, 0.05) is 15.4 Å². The van der Waals surface area contributed by atoms with E-state index < -0.39 is 6.04 Å². The molecule has 3 rings (SSSR count). The normalized spacial score (nSPS) is 12.8. The number of hydrogen-bond donors (Lipinski definition) is 2. The minimum absolute atomic E-state index is 0.343. The second-order valence-electron chi connectivity index (χ2n) is 4.91. The first kappa shape index (κ1) is 14.3. The highest BCUT2D eigenvalue weighted by Crippen LogP contribution is 2.31. The number of hydrazine groups is 1. The average Bonchev–Trinajstić information content (AvgIpc) is 2.87. The van der Waals surface area contributed by atoms with Crippen LogP contribution in [0.5, 0.6) is 0 Å². The van der Waals surface area contributed by atoms with Crippen molar-refractivity contribution in [2.24, 2.45) is 5.84 Å². The van der Waals surface area contributed by atoms with E-state index in [9.17, 15) is 4.39 Å². The van der Waals surface area contributed by atoms with Crippen molar-refractivity contribution in [3.63, 3.8) is 0 Å². The van der Waals surface area contributed by atoms with Gasteiger partial charge in [-0.25, -0.2) is 9.82 Å². The summed E-state index contributed by atoms with van der Waals surface area (Å²) in [6.07, 6.45) is 0. The molecular weight excluding hydrogens is 335 g/mol. The highest BCUT2D eigenvalue weighted by atomic mass is 79.9. The summed E-state index contributed by atoms with van der Waals surface area (Å²) in [5.41, 5.74) is 4.90. The third-order valence-electron chi connectivity index (χ3n) is 3.48. The van der Waals surface area contributed by atoms with Crippen molar-refractivity contribution in [1.29, 1.82) is 0 Å². The van der Waals surface area contributed by atoms with Crippen molar-refractivity contribution >= 4 is 26.9 Å². The molecule has 2 aromatic carbocycles. The Labute approximate surface area is 130 Å². The van der Waals surface area contributed by atoms with Crippen LogP contribution in [0.4, 0.5) is 4.39 Å². The van der Waals surface area contributed by atoms with Gasteiger partial charge in [0.05, 0.1) is 0 Å². The van der Waals surface area contributed by atoms with Crippen molar-refractivity contribution in [3.8, 4) is 0 Å². The summed E-state index contributed by atoms with van der Waals surface area (Å²) in [6.45, 7) is 1.97. The first-order chi connectivity index (χ1) is 10.1. The lowest BCUT2D eigenvalue weighted by Crippen LogP contribution is -2.29. The molecule has 5 heteroatoms. The molecule has 0 amide bonds. The zero-order valence-electron chi connectivity index (χ0n) is 11.4. The summed E-state index contributed by atoms with van der Waals surface area (Å²) in [5.74, 6) is 5.86. The van der Waals surface area contributed by atoms with Crippen molar-refractivity contribution in [2.45, 2.75) is 13.0 Å². The third-order valence-corrected chi connectivity index (χ3v) is 3.98. The van der Waals surface area contributed by atoms with Crippen molar-refractivity contribution in [2.75, 3.05) is 0 Å². The van der Waals surface area contributed by atoms with Gasteiger partial charge in [-0.1, -0.05) is 40.2 Å². The van der Waals surface area contributed by atoms with Crippen LogP contribution in [0.1, 0.15) is 22.9 Å². The number of benzene rings is 2. The summed E-state index contributed by atoms with van der Waals surface area (Å²) in [5, 5.41) is 0.975. The summed E-state index contributed by atoms with van der Waals surface area (Å²) in [6, 6.07) is 12.1. The first-order valence-electron chi connectivity index (χ1n) is 6.50. The summed E-state index contributed by atoms with van der Waals surface area (Å²) in [7, 11) is 0. The molecule has 3 nitrogen and oxygen atoms in total. The Morgan fingerprint density at radius 2 is 2.05 bits per heavy atom. The quantitative estimate of drug-likeness (QED) is 0.551. The fraction of sp³-hybridized carbons (Fsp3) is 0.125. The van der Waals surface area contributed by atoms with E-state index in [1.54, 1.807) is 12.1 Å². The highest BCUT2D eigenvalue weighted by molar-refractivity contribution is 9.10. The Morgan fingerprint density at radius 1 is 1.24 bits per heavy atom. The molecule has 0 aliphatic rings. The van der Waals surface area contributed by atoms with Crippen LogP contribution < -0.4 is 11.3 Å². The number of hydrogen-bond acceptors (Lipinski definition) is 3. The fourth-order valence-electron chi connectivity index (χ4n) is 2.43. The van der Waals surface area contributed by atoms with E-state index in [-0.39, 0.29) is 5.82 Å². The van der Waals surface area contributed by atoms with Gasteiger partial charge in [-0.05, 0) is 30.7 Å². The molecule has 0 saturated carbocycles. The molecule has 0 bridgehead atoms. The Bertz CT molecular complexity index is 800. The number of aryl methyl sites for hydroxylation is 1. The van der Waals surface area contributed by atoms with Crippen LogP contribution in [0.3, 0.4) is 0 Å². The zero-order valence-corrected chi connectivity index (χ0v) is 12.9. The van der Waals surface area contributed by atoms with Crippen LogP contribution in [0.25, 0.3) is 11.0 Å². The maximum absolute atomic E-state index is 14.1. The average molecular weight is 349 g/mol. The molecule has 3 aromatic rings. The lowest BCUT2D eigenvalue weighted by Gasteiger charge is -2.14. The molecule has 1 aromatic heterocycles. The van der Waals surface area contributed by atoms with E-state index in [0.29, 0.717) is 15.8 Å². The van der Waals surface area contributed by atoms with Gasteiger partial charge in [0.1, 0.15) is 23.2 Å². The Kier molecular flexibility index (Phi) is 3.80. The Balaban J connectivity index is 2.11. The number of furan rings is 1. The van der Waals surface area contributed by atoms with Gasteiger partial charge in [0.25, 0.3) is 0 Å². The molecule has 1 heterocycles. The molecule has 108 valence electrons. The molecular formula is C16H14BrFN2O. The maximum Gasteiger partial charge on any atom is 0.137 e. The van der Waals surface area contributed by atoms with Gasteiger partial charge in [0.2, 0.25) is 0 Å². The van der Waals surface area contributed by atoms with Crippen LogP contribution >= 0.6 is 15.9 Å². The van der Waals surface area contributed by atoms with Crippen LogP contribution in [-0.4, -0.2) is 0 Å². The van der Waals surface area contributed by atoms with E-state index in [0.717, 1.165) is 16.5 Å². The molecule has 0 radical (unpaired) electrons.